The van der Waals surface area contributed by atoms with Crippen molar-refractivity contribution >= 4 is 23.2 Å². The fourth-order valence-electron chi connectivity index (χ4n) is 2.50. The van der Waals surface area contributed by atoms with E-state index in [1.54, 1.807) is 44.4 Å². The Balaban J connectivity index is 1.87. The van der Waals surface area contributed by atoms with Crippen LogP contribution in [-0.4, -0.2) is 18.0 Å². The predicted molar refractivity (Wildman–Crippen MR) is 97.4 cm³/mol. The van der Waals surface area contributed by atoms with Crippen molar-refractivity contribution in [1.29, 1.82) is 0 Å². The Labute approximate surface area is 150 Å². The van der Waals surface area contributed by atoms with Gasteiger partial charge in [0.25, 0.3) is 5.91 Å². The molecule has 25 heavy (non-hydrogen) atoms. The lowest BCUT2D eigenvalue weighted by Crippen LogP contribution is -2.13. The number of carbonyl (C=O) groups excluding carboxylic acids is 1. The van der Waals surface area contributed by atoms with Crippen LogP contribution in [0.3, 0.4) is 0 Å². The first kappa shape index (κ1) is 17.0. The van der Waals surface area contributed by atoms with Crippen LogP contribution in [0.2, 0.25) is 5.02 Å². The van der Waals surface area contributed by atoms with Crippen molar-refractivity contribution in [3.8, 4) is 17.0 Å². The summed E-state index contributed by atoms with van der Waals surface area (Å²) in [6.07, 6.45) is 1.54. The van der Waals surface area contributed by atoms with Gasteiger partial charge in [0, 0.05) is 23.7 Å². The van der Waals surface area contributed by atoms with E-state index in [2.05, 4.69) is 10.3 Å². The third-order valence-corrected chi connectivity index (χ3v) is 4.13. The number of amides is 1. The summed E-state index contributed by atoms with van der Waals surface area (Å²) < 4.78 is 10.4. The highest BCUT2D eigenvalue weighted by molar-refractivity contribution is 6.33. The van der Waals surface area contributed by atoms with E-state index in [0.29, 0.717) is 39.2 Å². The Bertz CT molecular complexity index is 934. The molecular weight excluding hydrogens is 340 g/mol. The number of benzene rings is 2. The van der Waals surface area contributed by atoms with Crippen LogP contribution in [0.5, 0.6) is 5.75 Å². The third kappa shape index (κ3) is 3.67. The number of aromatic nitrogens is 1. The molecule has 2 aromatic carbocycles. The van der Waals surface area contributed by atoms with Crippen LogP contribution in [0.4, 0.5) is 5.69 Å². The Hall–Kier alpha value is -2.79. The summed E-state index contributed by atoms with van der Waals surface area (Å²) in [5, 5.41) is 3.42. The van der Waals surface area contributed by atoms with Gasteiger partial charge < -0.3 is 14.5 Å². The summed E-state index contributed by atoms with van der Waals surface area (Å²) in [5.41, 5.74) is 3.36. The number of ether oxygens (including phenoxy) is 1. The molecule has 0 atom stereocenters. The second-order valence-electron chi connectivity index (χ2n) is 5.58. The molecule has 0 aliphatic heterocycles. The van der Waals surface area contributed by atoms with Crippen LogP contribution in [-0.2, 0) is 0 Å². The Kier molecular flexibility index (Phi) is 4.76. The fraction of sp³-hybridized carbons (Fsp3) is 0.158. The molecule has 0 saturated carbocycles. The highest BCUT2D eigenvalue weighted by atomic mass is 35.5. The van der Waals surface area contributed by atoms with Crippen LogP contribution < -0.4 is 10.1 Å². The first-order valence-electron chi connectivity index (χ1n) is 7.66. The average molecular weight is 357 g/mol. The minimum absolute atomic E-state index is 0.204. The zero-order chi connectivity index (χ0) is 18.0. The van der Waals surface area contributed by atoms with E-state index >= 15 is 0 Å². The summed E-state index contributed by atoms with van der Waals surface area (Å²) in [7, 11) is 1.59. The lowest BCUT2D eigenvalue weighted by atomic mass is 10.1. The van der Waals surface area contributed by atoms with Crippen molar-refractivity contribution in [2.24, 2.45) is 0 Å². The summed E-state index contributed by atoms with van der Waals surface area (Å²) >= 11 is 6.24. The van der Waals surface area contributed by atoms with Gasteiger partial charge in [0.1, 0.15) is 17.7 Å². The van der Waals surface area contributed by atoms with Crippen LogP contribution >= 0.6 is 11.6 Å². The molecule has 0 aliphatic carbocycles. The molecule has 0 spiro atoms. The standard InChI is InChI=1S/C19H17ClN2O3/c1-11-8-14(24-3)5-6-15(11)19(23)22-13-4-7-17(20)16(9-13)18-10-25-12(2)21-18/h4-10H,1-3H3,(H,22,23). The van der Waals surface area contributed by atoms with Gasteiger partial charge in [-0.3, -0.25) is 4.79 Å². The molecule has 3 rings (SSSR count). The zero-order valence-corrected chi connectivity index (χ0v) is 14.8. The number of hydrogen-bond donors (Lipinski definition) is 1. The van der Waals surface area contributed by atoms with E-state index in [-0.39, 0.29) is 5.91 Å². The number of anilines is 1. The number of methoxy groups -OCH3 is 1. The number of oxazole rings is 1. The smallest absolute Gasteiger partial charge is 0.255 e. The molecule has 1 amide bonds. The Morgan fingerprint density at radius 1 is 1.20 bits per heavy atom. The van der Waals surface area contributed by atoms with E-state index in [0.717, 1.165) is 5.56 Å². The molecule has 0 bridgehead atoms. The Morgan fingerprint density at radius 3 is 2.64 bits per heavy atom. The van der Waals surface area contributed by atoms with Gasteiger partial charge in [-0.2, -0.15) is 0 Å². The second-order valence-corrected chi connectivity index (χ2v) is 5.99. The molecule has 0 fully saturated rings. The van der Waals surface area contributed by atoms with E-state index in [1.165, 1.54) is 6.26 Å². The van der Waals surface area contributed by atoms with Crippen molar-refractivity contribution in [1.82, 2.24) is 4.98 Å². The molecule has 0 radical (unpaired) electrons. The normalized spacial score (nSPS) is 10.6. The molecule has 128 valence electrons. The number of nitrogens with zero attached hydrogens (tertiary/aromatic N) is 1. The number of halogens is 1. The molecule has 0 aliphatic rings. The largest absolute Gasteiger partial charge is 0.497 e. The first-order chi connectivity index (χ1) is 12.0. The minimum Gasteiger partial charge on any atom is -0.497 e. The van der Waals surface area contributed by atoms with Crippen LogP contribution in [0.25, 0.3) is 11.3 Å². The SMILES string of the molecule is COc1ccc(C(=O)Nc2ccc(Cl)c(-c3coc(C)n3)c2)c(C)c1. The molecule has 1 heterocycles. The van der Waals surface area contributed by atoms with Crippen molar-refractivity contribution in [2.75, 3.05) is 12.4 Å². The number of carbonyl (C=O) groups is 1. The minimum atomic E-state index is -0.204. The number of aryl methyl sites for hydroxylation is 2. The summed E-state index contributed by atoms with van der Waals surface area (Å²) in [5.74, 6) is 1.06. The molecule has 0 saturated heterocycles. The number of hydrogen-bond acceptors (Lipinski definition) is 4. The van der Waals surface area contributed by atoms with Gasteiger partial charge in [-0.1, -0.05) is 11.6 Å². The third-order valence-electron chi connectivity index (χ3n) is 3.80. The molecule has 1 N–H and O–H groups in total. The Morgan fingerprint density at radius 2 is 2.00 bits per heavy atom. The highest BCUT2D eigenvalue weighted by Gasteiger charge is 2.13. The van der Waals surface area contributed by atoms with Crippen LogP contribution in [0.15, 0.2) is 47.1 Å². The molecular formula is C19H17ClN2O3. The van der Waals surface area contributed by atoms with Gasteiger partial charge in [-0.25, -0.2) is 4.98 Å². The van der Waals surface area contributed by atoms with Crippen molar-refractivity contribution in [3.63, 3.8) is 0 Å². The van der Waals surface area contributed by atoms with Gasteiger partial charge >= 0.3 is 0 Å². The van der Waals surface area contributed by atoms with Gasteiger partial charge in [0.2, 0.25) is 0 Å². The number of rotatable bonds is 4. The van der Waals surface area contributed by atoms with Crippen LogP contribution in [0.1, 0.15) is 21.8 Å². The van der Waals surface area contributed by atoms with Crippen molar-refractivity contribution in [3.05, 3.63) is 64.7 Å². The maximum Gasteiger partial charge on any atom is 0.255 e. The summed E-state index contributed by atoms with van der Waals surface area (Å²) in [6.45, 7) is 3.62. The topological polar surface area (TPSA) is 64.4 Å². The van der Waals surface area contributed by atoms with Gasteiger partial charge in [-0.05, 0) is 48.9 Å². The van der Waals surface area contributed by atoms with E-state index in [4.69, 9.17) is 20.8 Å². The lowest BCUT2D eigenvalue weighted by molar-refractivity contribution is 0.102. The monoisotopic (exact) mass is 356 g/mol. The van der Waals surface area contributed by atoms with E-state index < -0.39 is 0 Å². The first-order valence-corrected chi connectivity index (χ1v) is 8.04. The van der Waals surface area contributed by atoms with Gasteiger partial charge in [0.05, 0.1) is 12.1 Å². The molecule has 6 heteroatoms. The van der Waals surface area contributed by atoms with Crippen LogP contribution in [0, 0.1) is 13.8 Å². The molecule has 0 unspecified atom stereocenters. The predicted octanol–water partition coefficient (Wildman–Crippen LogP) is 4.87. The maximum atomic E-state index is 12.6. The molecule has 1 aromatic heterocycles. The summed E-state index contributed by atoms with van der Waals surface area (Å²) in [6, 6.07) is 10.6. The summed E-state index contributed by atoms with van der Waals surface area (Å²) in [4.78, 5) is 16.8. The second kappa shape index (κ2) is 6.99. The lowest BCUT2D eigenvalue weighted by Gasteiger charge is -2.10. The fourth-order valence-corrected chi connectivity index (χ4v) is 2.72. The van der Waals surface area contributed by atoms with Gasteiger partial charge in [-0.15, -0.1) is 0 Å². The van der Waals surface area contributed by atoms with Crippen molar-refractivity contribution < 1.29 is 13.9 Å². The molecule has 5 nitrogen and oxygen atoms in total. The average Bonchev–Trinajstić information content (AvgIpc) is 3.02. The van der Waals surface area contributed by atoms with E-state index in [1.807, 2.05) is 13.0 Å². The van der Waals surface area contributed by atoms with Gasteiger partial charge in [0.15, 0.2) is 5.89 Å². The quantitative estimate of drug-likeness (QED) is 0.724. The van der Waals surface area contributed by atoms with Crippen molar-refractivity contribution in [2.45, 2.75) is 13.8 Å². The number of nitrogens with one attached hydrogen (secondary N) is 1. The zero-order valence-electron chi connectivity index (χ0n) is 14.1. The van der Waals surface area contributed by atoms with E-state index in [9.17, 15) is 4.79 Å². The molecule has 3 aromatic rings. The highest BCUT2D eigenvalue weighted by Crippen LogP contribution is 2.30. The maximum absolute atomic E-state index is 12.6.